The molecule has 0 fully saturated rings. The lowest BCUT2D eigenvalue weighted by Gasteiger charge is -2.21. The quantitative estimate of drug-likeness (QED) is 0.670. The average molecular weight is 311 g/mol. The minimum Gasteiger partial charge on any atom is -0.496 e. The van der Waals surface area contributed by atoms with Gasteiger partial charge in [0.25, 0.3) is 0 Å². The molecule has 3 nitrogen and oxygen atoms in total. The van der Waals surface area contributed by atoms with Crippen molar-refractivity contribution in [1.29, 1.82) is 0 Å². The van der Waals surface area contributed by atoms with Gasteiger partial charge >= 0.3 is 0 Å². The SMILES string of the molecule is CCN(CC)CCSCC(NC)c1cc(C)ccc1OC. The van der Waals surface area contributed by atoms with Crippen LogP contribution in [-0.4, -0.2) is 50.2 Å². The van der Waals surface area contributed by atoms with Crippen molar-refractivity contribution in [1.82, 2.24) is 10.2 Å². The molecule has 0 radical (unpaired) electrons. The smallest absolute Gasteiger partial charge is 0.123 e. The maximum Gasteiger partial charge on any atom is 0.123 e. The van der Waals surface area contributed by atoms with E-state index in [1.165, 1.54) is 23.4 Å². The van der Waals surface area contributed by atoms with Gasteiger partial charge in [-0.1, -0.05) is 31.5 Å². The fourth-order valence-corrected chi connectivity index (χ4v) is 3.53. The first-order valence-electron chi connectivity index (χ1n) is 7.78. The highest BCUT2D eigenvalue weighted by molar-refractivity contribution is 7.99. The van der Waals surface area contributed by atoms with E-state index in [4.69, 9.17) is 4.74 Å². The van der Waals surface area contributed by atoms with Gasteiger partial charge in [-0.3, -0.25) is 0 Å². The summed E-state index contributed by atoms with van der Waals surface area (Å²) in [5.74, 6) is 3.22. The molecule has 1 aromatic carbocycles. The van der Waals surface area contributed by atoms with Crippen LogP contribution in [0.4, 0.5) is 0 Å². The minimum atomic E-state index is 0.335. The molecule has 120 valence electrons. The molecule has 1 atom stereocenters. The molecular formula is C17H30N2OS. The van der Waals surface area contributed by atoms with Crippen LogP contribution >= 0.6 is 11.8 Å². The molecule has 1 aromatic rings. The molecule has 1 N–H and O–H groups in total. The standard InChI is InChI=1S/C17H30N2OS/c1-6-19(7-2)10-11-21-13-16(18-4)15-12-14(3)8-9-17(15)20-5/h8-9,12,16,18H,6-7,10-11,13H2,1-5H3. The number of thioether (sulfide) groups is 1. The number of methoxy groups -OCH3 is 1. The Kier molecular flexibility index (Phi) is 8.81. The van der Waals surface area contributed by atoms with E-state index in [9.17, 15) is 0 Å². The summed E-state index contributed by atoms with van der Waals surface area (Å²) >= 11 is 2.01. The molecular weight excluding hydrogens is 280 g/mol. The molecule has 0 bridgehead atoms. The van der Waals surface area contributed by atoms with Gasteiger partial charge in [-0.2, -0.15) is 11.8 Å². The van der Waals surface area contributed by atoms with Gasteiger partial charge in [-0.25, -0.2) is 0 Å². The Bertz CT molecular complexity index is 408. The molecule has 0 saturated heterocycles. The zero-order valence-electron chi connectivity index (χ0n) is 14.1. The maximum absolute atomic E-state index is 5.50. The highest BCUT2D eigenvalue weighted by Crippen LogP contribution is 2.28. The fourth-order valence-electron chi connectivity index (χ4n) is 2.39. The largest absolute Gasteiger partial charge is 0.496 e. The van der Waals surface area contributed by atoms with Crippen LogP contribution in [0.3, 0.4) is 0 Å². The number of nitrogens with zero attached hydrogens (tertiary/aromatic N) is 1. The number of hydrogen-bond acceptors (Lipinski definition) is 4. The van der Waals surface area contributed by atoms with E-state index in [-0.39, 0.29) is 0 Å². The van der Waals surface area contributed by atoms with Gasteiger partial charge in [0.15, 0.2) is 0 Å². The number of aryl methyl sites for hydroxylation is 1. The number of hydrogen-bond donors (Lipinski definition) is 1. The first-order chi connectivity index (χ1) is 10.2. The van der Waals surface area contributed by atoms with Crippen LogP contribution in [-0.2, 0) is 0 Å². The third kappa shape index (κ3) is 5.89. The van der Waals surface area contributed by atoms with Crippen LogP contribution in [0, 0.1) is 6.92 Å². The van der Waals surface area contributed by atoms with Crippen molar-refractivity contribution in [3.8, 4) is 5.75 Å². The van der Waals surface area contributed by atoms with E-state index in [1.54, 1.807) is 7.11 Å². The molecule has 1 unspecified atom stereocenters. The summed E-state index contributed by atoms with van der Waals surface area (Å²) in [6.45, 7) is 10.0. The van der Waals surface area contributed by atoms with E-state index in [0.29, 0.717) is 6.04 Å². The van der Waals surface area contributed by atoms with Crippen molar-refractivity contribution >= 4 is 11.8 Å². The van der Waals surface area contributed by atoms with Crippen LogP contribution in [0.25, 0.3) is 0 Å². The lowest BCUT2D eigenvalue weighted by atomic mass is 10.0. The number of rotatable bonds is 10. The van der Waals surface area contributed by atoms with Gasteiger partial charge in [-0.05, 0) is 33.1 Å². The van der Waals surface area contributed by atoms with E-state index >= 15 is 0 Å². The van der Waals surface area contributed by atoms with Crippen LogP contribution in [0.5, 0.6) is 5.75 Å². The normalized spacial score (nSPS) is 12.7. The summed E-state index contributed by atoms with van der Waals surface area (Å²) in [4.78, 5) is 2.47. The van der Waals surface area contributed by atoms with Gasteiger partial charge in [0.2, 0.25) is 0 Å². The summed E-state index contributed by atoms with van der Waals surface area (Å²) in [5, 5.41) is 3.42. The van der Waals surface area contributed by atoms with Crippen molar-refractivity contribution in [3.05, 3.63) is 29.3 Å². The van der Waals surface area contributed by atoms with E-state index in [1.807, 2.05) is 18.8 Å². The van der Waals surface area contributed by atoms with Crippen molar-refractivity contribution < 1.29 is 4.74 Å². The van der Waals surface area contributed by atoms with E-state index in [2.05, 4.69) is 49.2 Å². The van der Waals surface area contributed by atoms with Gasteiger partial charge in [-0.15, -0.1) is 0 Å². The molecule has 0 aliphatic rings. The second-order valence-corrected chi connectivity index (χ2v) is 6.34. The second kappa shape index (κ2) is 10.1. The Labute approximate surface area is 134 Å². The second-order valence-electron chi connectivity index (χ2n) is 5.19. The highest BCUT2D eigenvalue weighted by atomic mass is 32.2. The fraction of sp³-hybridized carbons (Fsp3) is 0.647. The third-order valence-corrected chi connectivity index (χ3v) is 4.88. The summed E-state index contributed by atoms with van der Waals surface area (Å²) in [5.41, 5.74) is 2.54. The third-order valence-electron chi connectivity index (χ3n) is 3.84. The molecule has 0 aliphatic heterocycles. The zero-order chi connectivity index (χ0) is 15.7. The van der Waals surface area contributed by atoms with Crippen LogP contribution in [0.1, 0.15) is 31.0 Å². The van der Waals surface area contributed by atoms with E-state index < -0.39 is 0 Å². The lowest BCUT2D eigenvalue weighted by Crippen LogP contribution is -2.26. The molecule has 0 heterocycles. The summed E-state index contributed by atoms with van der Waals surface area (Å²) < 4.78 is 5.50. The highest BCUT2D eigenvalue weighted by Gasteiger charge is 2.14. The van der Waals surface area contributed by atoms with Crippen LogP contribution < -0.4 is 10.1 Å². The molecule has 0 saturated carbocycles. The van der Waals surface area contributed by atoms with Crippen molar-refractivity contribution in [3.63, 3.8) is 0 Å². The molecule has 0 spiro atoms. The molecule has 0 aromatic heterocycles. The molecule has 1 rings (SSSR count). The van der Waals surface area contributed by atoms with Gasteiger partial charge in [0, 0.05) is 29.7 Å². The predicted molar refractivity (Wildman–Crippen MR) is 94.6 cm³/mol. The monoisotopic (exact) mass is 310 g/mol. The molecule has 0 amide bonds. The van der Waals surface area contributed by atoms with Gasteiger partial charge in [0.05, 0.1) is 7.11 Å². The number of nitrogens with one attached hydrogen (secondary N) is 1. The Morgan fingerprint density at radius 1 is 1.29 bits per heavy atom. The Hall–Kier alpha value is -0.710. The average Bonchev–Trinajstić information content (AvgIpc) is 2.51. The van der Waals surface area contributed by atoms with E-state index in [0.717, 1.165) is 24.6 Å². The molecule has 4 heteroatoms. The maximum atomic E-state index is 5.50. The summed E-state index contributed by atoms with van der Waals surface area (Å²) in [6, 6.07) is 6.73. The minimum absolute atomic E-state index is 0.335. The van der Waals surface area contributed by atoms with Crippen molar-refractivity contribution in [2.24, 2.45) is 0 Å². The predicted octanol–water partition coefficient (Wildman–Crippen LogP) is 3.34. The van der Waals surface area contributed by atoms with Crippen molar-refractivity contribution in [2.75, 3.05) is 45.3 Å². The lowest BCUT2D eigenvalue weighted by molar-refractivity contribution is 0.324. The summed E-state index contributed by atoms with van der Waals surface area (Å²) in [6.07, 6.45) is 0. The molecule has 0 aliphatic carbocycles. The Morgan fingerprint density at radius 2 is 2.00 bits per heavy atom. The van der Waals surface area contributed by atoms with Gasteiger partial charge in [0.1, 0.15) is 5.75 Å². The Balaban J connectivity index is 2.57. The first-order valence-corrected chi connectivity index (χ1v) is 8.93. The van der Waals surface area contributed by atoms with Crippen molar-refractivity contribution in [2.45, 2.75) is 26.8 Å². The molecule has 21 heavy (non-hydrogen) atoms. The Morgan fingerprint density at radius 3 is 2.57 bits per heavy atom. The first kappa shape index (κ1) is 18.3. The van der Waals surface area contributed by atoms with Gasteiger partial charge < -0.3 is 15.0 Å². The summed E-state index contributed by atoms with van der Waals surface area (Å²) in [7, 11) is 3.77. The number of benzene rings is 1. The van der Waals surface area contributed by atoms with Crippen LogP contribution in [0.2, 0.25) is 0 Å². The topological polar surface area (TPSA) is 24.5 Å². The zero-order valence-corrected chi connectivity index (χ0v) is 14.9. The number of ether oxygens (including phenoxy) is 1. The van der Waals surface area contributed by atoms with Crippen LogP contribution in [0.15, 0.2) is 18.2 Å².